The topological polar surface area (TPSA) is 98.3 Å². The number of rotatable bonds is 9. The van der Waals surface area contributed by atoms with Crippen molar-refractivity contribution in [2.45, 2.75) is 20.3 Å². The van der Waals surface area contributed by atoms with Gasteiger partial charge in [0, 0.05) is 11.8 Å². The SMILES string of the molecule is COc1ccc(OC)c(NC(=O)CC(C)=NNC(=O)COc2ccc(C)cc2Br)c1. The number of aryl methyl sites for hydroxylation is 1. The molecule has 0 bridgehead atoms. The third-order valence-corrected chi connectivity index (χ3v) is 4.53. The van der Waals surface area contributed by atoms with Crippen molar-refractivity contribution >= 4 is 39.1 Å². The molecule has 0 saturated heterocycles. The number of carbonyl (C=O) groups is 2. The highest BCUT2D eigenvalue weighted by molar-refractivity contribution is 9.10. The number of nitrogens with one attached hydrogen (secondary N) is 2. The van der Waals surface area contributed by atoms with Crippen molar-refractivity contribution in [3.63, 3.8) is 0 Å². The number of carbonyl (C=O) groups excluding carboxylic acids is 2. The normalized spacial score (nSPS) is 10.9. The number of hydrogen-bond acceptors (Lipinski definition) is 6. The highest BCUT2D eigenvalue weighted by Crippen LogP contribution is 2.29. The maximum atomic E-state index is 12.3. The van der Waals surface area contributed by atoms with Gasteiger partial charge < -0.3 is 19.5 Å². The van der Waals surface area contributed by atoms with Crippen molar-refractivity contribution in [2.24, 2.45) is 5.10 Å². The van der Waals surface area contributed by atoms with Crippen molar-refractivity contribution in [2.75, 3.05) is 26.1 Å². The number of anilines is 1. The number of halogens is 1. The van der Waals surface area contributed by atoms with Crippen molar-refractivity contribution in [3.8, 4) is 17.2 Å². The molecule has 0 unspecified atom stereocenters. The maximum absolute atomic E-state index is 12.3. The molecule has 0 saturated carbocycles. The van der Waals surface area contributed by atoms with Crippen LogP contribution in [0.2, 0.25) is 0 Å². The molecule has 8 nitrogen and oxygen atoms in total. The first-order chi connectivity index (χ1) is 14.3. The van der Waals surface area contributed by atoms with E-state index in [-0.39, 0.29) is 18.9 Å². The molecular weight excluding hydrogens is 454 g/mol. The van der Waals surface area contributed by atoms with Gasteiger partial charge in [0.2, 0.25) is 5.91 Å². The first-order valence-corrected chi connectivity index (χ1v) is 9.84. The predicted molar refractivity (Wildman–Crippen MR) is 118 cm³/mol. The number of amides is 2. The van der Waals surface area contributed by atoms with Gasteiger partial charge in [0.25, 0.3) is 5.91 Å². The van der Waals surface area contributed by atoms with Gasteiger partial charge in [0.15, 0.2) is 6.61 Å². The lowest BCUT2D eigenvalue weighted by atomic mass is 10.2. The fraction of sp³-hybridized carbons (Fsp3) is 0.286. The lowest BCUT2D eigenvalue weighted by Gasteiger charge is -2.11. The quantitative estimate of drug-likeness (QED) is 0.424. The van der Waals surface area contributed by atoms with E-state index in [1.807, 2.05) is 19.1 Å². The Morgan fingerprint density at radius 3 is 2.43 bits per heavy atom. The van der Waals surface area contributed by atoms with Crippen molar-refractivity contribution < 1.29 is 23.8 Å². The molecular formula is C21H24BrN3O5. The van der Waals surface area contributed by atoms with Gasteiger partial charge in [-0.15, -0.1) is 0 Å². The molecule has 0 atom stereocenters. The summed E-state index contributed by atoms with van der Waals surface area (Å²) in [7, 11) is 3.05. The highest BCUT2D eigenvalue weighted by Gasteiger charge is 2.11. The summed E-state index contributed by atoms with van der Waals surface area (Å²) >= 11 is 3.39. The molecule has 2 aromatic rings. The minimum Gasteiger partial charge on any atom is -0.497 e. The van der Waals surface area contributed by atoms with E-state index in [1.165, 1.54) is 14.2 Å². The molecule has 9 heteroatoms. The molecule has 0 radical (unpaired) electrons. The van der Waals surface area contributed by atoms with Crippen LogP contribution in [-0.2, 0) is 9.59 Å². The van der Waals surface area contributed by atoms with Crippen molar-refractivity contribution in [3.05, 3.63) is 46.4 Å². The summed E-state index contributed by atoms with van der Waals surface area (Å²) in [6.45, 7) is 3.39. The maximum Gasteiger partial charge on any atom is 0.277 e. The molecule has 0 heterocycles. The molecule has 30 heavy (non-hydrogen) atoms. The summed E-state index contributed by atoms with van der Waals surface area (Å²) in [4.78, 5) is 24.2. The summed E-state index contributed by atoms with van der Waals surface area (Å²) in [5.74, 6) is 0.909. The zero-order valence-corrected chi connectivity index (χ0v) is 18.8. The molecule has 160 valence electrons. The van der Waals surface area contributed by atoms with Gasteiger partial charge in [-0.1, -0.05) is 6.07 Å². The van der Waals surface area contributed by atoms with Crippen LogP contribution in [0.25, 0.3) is 0 Å². The minimum absolute atomic E-state index is 0.00892. The Hall–Kier alpha value is -3.07. The highest BCUT2D eigenvalue weighted by atomic mass is 79.9. The summed E-state index contributed by atoms with van der Waals surface area (Å²) < 4.78 is 16.6. The van der Waals surface area contributed by atoms with E-state index in [2.05, 4.69) is 31.8 Å². The van der Waals surface area contributed by atoms with Gasteiger partial charge in [0.05, 0.1) is 30.8 Å². The van der Waals surface area contributed by atoms with E-state index in [4.69, 9.17) is 14.2 Å². The van der Waals surface area contributed by atoms with Crippen LogP contribution in [0.4, 0.5) is 5.69 Å². The number of nitrogens with zero attached hydrogens (tertiary/aromatic N) is 1. The molecule has 0 aromatic heterocycles. The smallest absolute Gasteiger partial charge is 0.277 e. The van der Waals surface area contributed by atoms with Crippen LogP contribution in [0.1, 0.15) is 18.9 Å². The summed E-state index contributed by atoms with van der Waals surface area (Å²) in [6, 6.07) is 10.6. The average Bonchev–Trinajstić information content (AvgIpc) is 2.71. The molecule has 0 aliphatic heterocycles. The Kier molecular flexibility index (Phi) is 8.67. The molecule has 2 aromatic carbocycles. The predicted octanol–water partition coefficient (Wildman–Crippen LogP) is 3.67. The molecule has 0 aliphatic carbocycles. The van der Waals surface area contributed by atoms with Crippen LogP contribution < -0.4 is 25.0 Å². The summed E-state index contributed by atoms with van der Waals surface area (Å²) in [5.41, 5.74) is 4.36. The fourth-order valence-corrected chi connectivity index (χ4v) is 3.04. The second kappa shape index (κ2) is 11.2. The van der Waals surface area contributed by atoms with Gasteiger partial charge in [-0.2, -0.15) is 5.10 Å². The number of ether oxygens (including phenoxy) is 3. The van der Waals surface area contributed by atoms with E-state index in [0.29, 0.717) is 28.6 Å². The lowest BCUT2D eigenvalue weighted by Crippen LogP contribution is -2.26. The standard InChI is InChI=1S/C21H24BrN3O5/c1-13-5-7-18(16(22)9-13)30-12-21(27)25-24-14(2)10-20(26)23-17-11-15(28-3)6-8-19(17)29-4/h5-9,11H,10,12H2,1-4H3,(H,23,26)(H,25,27). The molecule has 2 amide bonds. The lowest BCUT2D eigenvalue weighted by molar-refractivity contribution is -0.123. The van der Waals surface area contributed by atoms with E-state index in [9.17, 15) is 9.59 Å². The van der Waals surface area contributed by atoms with Crippen LogP contribution in [0.5, 0.6) is 17.2 Å². The van der Waals surface area contributed by atoms with Crippen LogP contribution in [0, 0.1) is 6.92 Å². The van der Waals surface area contributed by atoms with Crippen LogP contribution >= 0.6 is 15.9 Å². The number of benzene rings is 2. The third-order valence-electron chi connectivity index (χ3n) is 3.91. The van der Waals surface area contributed by atoms with E-state index in [0.717, 1.165) is 10.0 Å². The zero-order chi connectivity index (χ0) is 22.1. The first kappa shape index (κ1) is 23.2. The molecule has 2 N–H and O–H groups in total. The minimum atomic E-state index is -0.434. The summed E-state index contributed by atoms with van der Waals surface area (Å²) in [6.07, 6.45) is -0.00892. The number of hydrazone groups is 1. The number of hydrogen-bond donors (Lipinski definition) is 2. The Balaban J connectivity index is 1.85. The summed E-state index contributed by atoms with van der Waals surface area (Å²) in [5, 5.41) is 6.68. The number of methoxy groups -OCH3 is 2. The van der Waals surface area contributed by atoms with Crippen molar-refractivity contribution in [1.29, 1.82) is 0 Å². The Morgan fingerprint density at radius 1 is 1.03 bits per heavy atom. The van der Waals surface area contributed by atoms with Crippen LogP contribution in [0.15, 0.2) is 46.0 Å². The average molecular weight is 478 g/mol. The Bertz CT molecular complexity index is 946. The molecule has 0 spiro atoms. The van der Waals surface area contributed by atoms with Gasteiger partial charge in [-0.05, 0) is 59.6 Å². The Morgan fingerprint density at radius 2 is 1.77 bits per heavy atom. The van der Waals surface area contributed by atoms with Crippen LogP contribution in [-0.4, -0.2) is 38.4 Å². The van der Waals surface area contributed by atoms with Crippen molar-refractivity contribution in [1.82, 2.24) is 5.43 Å². The fourth-order valence-electron chi connectivity index (χ4n) is 2.43. The third kappa shape index (κ3) is 7.07. The second-order valence-electron chi connectivity index (χ2n) is 6.40. The molecule has 0 aliphatic rings. The van der Waals surface area contributed by atoms with E-state index < -0.39 is 5.91 Å². The van der Waals surface area contributed by atoms with E-state index >= 15 is 0 Å². The van der Waals surface area contributed by atoms with Gasteiger partial charge >= 0.3 is 0 Å². The van der Waals surface area contributed by atoms with Gasteiger partial charge in [-0.3, -0.25) is 9.59 Å². The largest absolute Gasteiger partial charge is 0.497 e. The second-order valence-corrected chi connectivity index (χ2v) is 7.25. The first-order valence-electron chi connectivity index (χ1n) is 9.05. The van der Waals surface area contributed by atoms with E-state index in [1.54, 1.807) is 31.2 Å². The molecule has 2 rings (SSSR count). The zero-order valence-electron chi connectivity index (χ0n) is 17.2. The van der Waals surface area contributed by atoms with Crippen LogP contribution in [0.3, 0.4) is 0 Å². The Labute approximate surface area is 183 Å². The van der Waals surface area contributed by atoms with Gasteiger partial charge in [0.1, 0.15) is 17.2 Å². The monoisotopic (exact) mass is 477 g/mol. The van der Waals surface area contributed by atoms with Gasteiger partial charge in [-0.25, -0.2) is 5.43 Å². The molecule has 0 fully saturated rings.